The Morgan fingerprint density at radius 2 is 1.85 bits per heavy atom. The number of halogens is 1. The zero-order chi connectivity index (χ0) is 18.8. The first-order chi connectivity index (χ1) is 13.1. The zero-order valence-corrected chi connectivity index (χ0v) is 15.4. The maximum atomic E-state index is 13.2. The van der Waals surface area contributed by atoms with Crippen molar-refractivity contribution in [2.75, 3.05) is 6.54 Å². The Morgan fingerprint density at radius 3 is 2.52 bits per heavy atom. The van der Waals surface area contributed by atoms with Crippen molar-refractivity contribution in [2.45, 2.75) is 57.5 Å². The highest BCUT2D eigenvalue weighted by Crippen LogP contribution is 2.36. The predicted molar refractivity (Wildman–Crippen MR) is 99.7 cm³/mol. The Kier molecular flexibility index (Phi) is 5.09. The van der Waals surface area contributed by atoms with Crippen LogP contribution in [0.25, 0.3) is 11.4 Å². The van der Waals surface area contributed by atoms with E-state index in [0.29, 0.717) is 31.3 Å². The second-order valence-corrected chi connectivity index (χ2v) is 7.64. The summed E-state index contributed by atoms with van der Waals surface area (Å²) in [5.74, 6) is 0.811. The molecule has 2 fully saturated rings. The van der Waals surface area contributed by atoms with Crippen LogP contribution in [-0.4, -0.2) is 26.8 Å². The summed E-state index contributed by atoms with van der Waals surface area (Å²) in [6.07, 6.45) is 7.21. The minimum absolute atomic E-state index is 0.0512. The lowest BCUT2D eigenvalue weighted by Crippen LogP contribution is -2.32. The third-order valence-electron chi connectivity index (χ3n) is 5.48. The molecule has 0 bridgehead atoms. The normalized spacial score (nSPS) is 17.4. The fourth-order valence-corrected chi connectivity index (χ4v) is 3.87. The number of aromatic nitrogens is 3. The number of benzene rings is 1. The summed E-state index contributed by atoms with van der Waals surface area (Å²) in [7, 11) is 0. The first-order valence-corrected chi connectivity index (χ1v) is 9.84. The lowest BCUT2D eigenvalue weighted by molar-refractivity contribution is -0.122. The Hall–Kier alpha value is -2.44. The number of carbonyl (C=O) groups excluding carboxylic acids is 1. The van der Waals surface area contributed by atoms with Gasteiger partial charge in [0.05, 0.1) is 6.54 Å². The van der Waals surface area contributed by atoms with Gasteiger partial charge in [-0.1, -0.05) is 12.8 Å². The Labute approximate surface area is 157 Å². The van der Waals surface area contributed by atoms with E-state index in [0.717, 1.165) is 31.2 Å². The Morgan fingerprint density at radius 1 is 1.15 bits per heavy atom. The van der Waals surface area contributed by atoms with E-state index in [1.807, 2.05) is 0 Å². The van der Waals surface area contributed by atoms with Crippen LogP contribution >= 0.6 is 0 Å². The van der Waals surface area contributed by atoms with Crippen molar-refractivity contribution < 1.29 is 9.18 Å². The average molecular weight is 372 g/mol. The molecular formula is C20H25FN4O2. The number of amides is 1. The molecule has 0 radical (unpaired) electrons. The molecule has 0 spiro atoms. The number of hydrogen-bond acceptors (Lipinski definition) is 3. The summed E-state index contributed by atoms with van der Waals surface area (Å²) in [6.45, 7) is 0.721. The molecule has 1 aromatic carbocycles. The van der Waals surface area contributed by atoms with E-state index in [2.05, 4.69) is 10.4 Å². The van der Waals surface area contributed by atoms with Gasteiger partial charge in [-0.05, 0) is 55.9 Å². The second-order valence-electron chi connectivity index (χ2n) is 7.64. The van der Waals surface area contributed by atoms with Gasteiger partial charge < -0.3 is 5.32 Å². The SMILES string of the molecule is O=C(CC1CCCC1)NCCn1nc(-c2ccc(F)cc2)n(C2CC2)c1=O. The van der Waals surface area contributed by atoms with E-state index in [1.165, 1.54) is 29.7 Å². The van der Waals surface area contributed by atoms with E-state index in [4.69, 9.17) is 0 Å². The molecule has 2 aliphatic rings. The average Bonchev–Trinajstić information content (AvgIpc) is 3.26. The van der Waals surface area contributed by atoms with Crippen molar-refractivity contribution in [3.63, 3.8) is 0 Å². The van der Waals surface area contributed by atoms with E-state index in [-0.39, 0.29) is 23.5 Å². The summed E-state index contributed by atoms with van der Waals surface area (Å²) in [6, 6.07) is 6.20. The fraction of sp³-hybridized carbons (Fsp3) is 0.550. The molecule has 1 N–H and O–H groups in total. The molecule has 4 rings (SSSR count). The van der Waals surface area contributed by atoms with E-state index in [9.17, 15) is 14.0 Å². The third kappa shape index (κ3) is 4.12. The molecule has 1 amide bonds. The minimum Gasteiger partial charge on any atom is -0.354 e. The third-order valence-corrected chi connectivity index (χ3v) is 5.48. The second kappa shape index (κ2) is 7.66. The fourth-order valence-electron chi connectivity index (χ4n) is 3.87. The standard InChI is InChI=1S/C20H25FN4O2/c21-16-7-5-15(6-8-16)19-23-24(20(27)25(19)17-9-10-17)12-11-22-18(26)13-14-3-1-2-4-14/h5-8,14,17H,1-4,9-13H2,(H,22,26). The number of hydrogen-bond donors (Lipinski definition) is 1. The molecule has 0 atom stereocenters. The van der Waals surface area contributed by atoms with Crippen LogP contribution in [0.3, 0.4) is 0 Å². The van der Waals surface area contributed by atoms with Crippen LogP contribution in [0.2, 0.25) is 0 Å². The molecule has 1 heterocycles. The van der Waals surface area contributed by atoms with E-state index in [1.54, 1.807) is 16.7 Å². The van der Waals surface area contributed by atoms with Gasteiger partial charge >= 0.3 is 5.69 Å². The maximum Gasteiger partial charge on any atom is 0.346 e. The molecule has 0 aliphatic heterocycles. The maximum absolute atomic E-state index is 13.2. The molecular weight excluding hydrogens is 347 g/mol. The summed E-state index contributed by atoms with van der Waals surface area (Å²) in [5, 5.41) is 7.37. The molecule has 144 valence electrons. The van der Waals surface area contributed by atoms with Crippen LogP contribution in [0.5, 0.6) is 0 Å². The first-order valence-electron chi connectivity index (χ1n) is 9.84. The zero-order valence-electron chi connectivity index (χ0n) is 15.4. The number of rotatable bonds is 7. The summed E-state index contributed by atoms with van der Waals surface area (Å²) >= 11 is 0. The van der Waals surface area contributed by atoms with Crippen molar-refractivity contribution in [2.24, 2.45) is 5.92 Å². The van der Waals surface area contributed by atoms with Crippen LogP contribution in [0.15, 0.2) is 29.1 Å². The lowest BCUT2D eigenvalue weighted by atomic mass is 10.0. The highest BCUT2D eigenvalue weighted by atomic mass is 19.1. The summed E-state index contributed by atoms with van der Waals surface area (Å²) in [5.41, 5.74) is 0.561. The smallest absolute Gasteiger partial charge is 0.346 e. The molecule has 7 heteroatoms. The molecule has 2 saturated carbocycles. The van der Waals surface area contributed by atoms with Gasteiger partial charge in [-0.25, -0.2) is 13.9 Å². The van der Waals surface area contributed by atoms with Gasteiger partial charge in [0, 0.05) is 24.6 Å². The van der Waals surface area contributed by atoms with Gasteiger partial charge in [0.15, 0.2) is 5.82 Å². The number of carbonyl (C=O) groups is 1. The Balaban J connectivity index is 1.43. The van der Waals surface area contributed by atoms with Gasteiger partial charge in [0.2, 0.25) is 5.91 Å². The largest absolute Gasteiger partial charge is 0.354 e. The number of nitrogens with one attached hydrogen (secondary N) is 1. The lowest BCUT2D eigenvalue weighted by Gasteiger charge is -2.09. The van der Waals surface area contributed by atoms with Gasteiger partial charge in [-0.15, -0.1) is 5.10 Å². The predicted octanol–water partition coefficient (Wildman–Crippen LogP) is 2.88. The van der Waals surface area contributed by atoms with Crippen LogP contribution in [0, 0.1) is 11.7 Å². The van der Waals surface area contributed by atoms with Crippen molar-refractivity contribution in [1.82, 2.24) is 19.7 Å². The summed E-state index contributed by atoms with van der Waals surface area (Å²) in [4.78, 5) is 24.8. The van der Waals surface area contributed by atoms with Crippen LogP contribution < -0.4 is 11.0 Å². The van der Waals surface area contributed by atoms with Crippen LogP contribution in [0.1, 0.15) is 51.0 Å². The molecule has 6 nitrogen and oxygen atoms in total. The van der Waals surface area contributed by atoms with Crippen molar-refractivity contribution in [1.29, 1.82) is 0 Å². The molecule has 0 saturated heterocycles. The van der Waals surface area contributed by atoms with Crippen LogP contribution in [-0.2, 0) is 11.3 Å². The van der Waals surface area contributed by atoms with E-state index < -0.39 is 0 Å². The molecule has 27 heavy (non-hydrogen) atoms. The van der Waals surface area contributed by atoms with Crippen molar-refractivity contribution in [3.8, 4) is 11.4 Å². The van der Waals surface area contributed by atoms with Gasteiger partial charge in [-0.2, -0.15) is 0 Å². The molecule has 1 aromatic heterocycles. The van der Waals surface area contributed by atoms with Crippen molar-refractivity contribution >= 4 is 5.91 Å². The highest BCUT2D eigenvalue weighted by Gasteiger charge is 2.30. The monoisotopic (exact) mass is 372 g/mol. The highest BCUT2D eigenvalue weighted by molar-refractivity contribution is 5.76. The van der Waals surface area contributed by atoms with Crippen molar-refractivity contribution in [3.05, 3.63) is 40.6 Å². The quantitative estimate of drug-likeness (QED) is 0.813. The molecule has 2 aliphatic carbocycles. The first kappa shape index (κ1) is 17.9. The Bertz CT molecular complexity index is 861. The van der Waals surface area contributed by atoms with Gasteiger partial charge in [0.25, 0.3) is 0 Å². The number of nitrogens with zero attached hydrogens (tertiary/aromatic N) is 3. The summed E-state index contributed by atoms with van der Waals surface area (Å²) < 4.78 is 16.3. The van der Waals surface area contributed by atoms with E-state index >= 15 is 0 Å². The van der Waals surface area contributed by atoms with Gasteiger partial charge in [-0.3, -0.25) is 9.36 Å². The molecule has 2 aromatic rings. The topological polar surface area (TPSA) is 68.9 Å². The molecule has 0 unspecified atom stereocenters. The minimum atomic E-state index is -0.316. The van der Waals surface area contributed by atoms with Crippen LogP contribution in [0.4, 0.5) is 4.39 Å². The van der Waals surface area contributed by atoms with Gasteiger partial charge in [0.1, 0.15) is 5.82 Å².